The normalized spacial score (nSPS) is 12.3. The van der Waals surface area contributed by atoms with E-state index in [1.165, 1.54) is 4.88 Å². The average Bonchev–Trinajstić information content (AvgIpc) is 2.75. The van der Waals surface area contributed by atoms with E-state index in [1.807, 2.05) is 32.3 Å². The third-order valence-corrected chi connectivity index (χ3v) is 4.94. The highest BCUT2D eigenvalue weighted by molar-refractivity contribution is 9.10. The lowest BCUT2D eigenvalue weighted by atomic mass is 10.2. The van der Waals surface area contributed by atoms with E-state index in [2.05, 4.69) is 44.5 Å². The molecule has 0 spiro atoms. The fourth-order valence-electron chi connectivity index (χ4n) is 1.87. The summed E-state index contributed by atoms with van der Waals surface area (Å²) in [5, 5.41) is 6.36. The van der Waals surface area contributed by atoms with Gasteiger partial charge in [-0.3, -0.25) is 0 Å². The molecular weight excluding hydrogens is 344 g/mol. The molecule has 1 aromatic carbocycles. The molecule has 2 rings (SSSR count). The van der Waals surface area contributed by atoms with Gasteiger partial charge in [0.2, 0.25) is 0 Å². The number of halogens is 2. The van der Waals surface area contributed by atoms with Crippen molar-refractivity contribution in [1.82, 2.24) is 0 Å². The Morgan fingerprint density at radius 1 is 1.32 bits per heavy atom. The van der Waals surface area contributed by atoms with Gasteiger partial charge in [0.1, 0.15) is 0 Å². The van der Waals surface area contributed by atoms with Crippen LogP contribution in [-0.4, -0.2) is 14.1 Å². The van der Waals surface area contributed by atoms with Gasteiger partial charge < -0.3 is 10.2 Å². The molecule has 0 saturated carbocycles. The molecule has 0 amide bonds. The maximum absolute atomic E-state index is 6.09. The molecule has 0 radical (unpaired) electrons. The van der Waals surface area contributed by atoms with Crippen LogP contribution < -0.4 is 10.2 Å². The fourth-order valence-corrected chi connectivity index (χ4v) is 3.50. The Labute approximate surface area is 131 Å². The molecule has 2 aromatic rings. The van der Waals surface area contributed by atoms with Gasteiger partial charge in [-0.05, 0) is 47.1 Å². The van der Waals surface area contributed by atoms with Crippen molar-refractivity contribution in [1.29, 1.82) is 0 Å². The van der Waals surface area contributed by atoms with Crippen LogP contribution in [0.2, 0.25) is 5.02 Å². The van der Waals surface area contributed by atoms with E-state index in [1.54, 1.807) is 11.3 Å². The van der Waals surface area contributed by atoms with Crippen LogP contribution in [-0.2, 0) is 0 Å². The van der Waals surface area contributed by atoms with Crippen molar-refractivity contribution in [2.45, 2.75) is 13.0 Å². The number of anilines is 2. The molecule has 2 nitrogen and oxygen atoms in total. The van der Waals surface area contributed by atoms with Crippen molar-refractivity contribution in [3.05, 3.63) is 44.0 Å². The fraction of sp³-hybridized carbons (Fsp3) is 0.286. The summed E-state index contributed by atoms with van der Waals surface area (Å²) in [6.07, 6.45) is 0. The van der Waals surface area contributed by atoms with Gasteiger partial charge in [-0.15, -0.1) is 11.3 Å². The van der Waals surface area contributed by atoms with Crippen molar-refractivity contribution in [3.63, 3.8) is 0 Å². The zero-order valence-electron chi connectivity index (χ0n) is 11.1. The highest BCUT2D eigenvalue weighted by Crippen LogP contribution is 2.33. The molecule has 102 valence electrons. The van der Waals surface area contributed by atoms with Crippen LogP contribution in [0.15, 0.2) is 34.1 Å². The number of nitrogens with one attached hydrogen (secondary N) is 1. The Bertz CT molecular complexity index is 568. The molecule has 0 aliphatic carbocycles. The minimum atomic E-state index is 0.244. The maximum atomic E-state index is 6.09. The van der Waals surface area contributed by atoms with Crippen LogP contribution in [0.1, 0.15) is 17.8 Å². The smallest absolute Gasteiger partial charge is 0.0598 e. The Kier molecular flexibility index (Phi) is 4.76. The molecular formula is C14H16BrClN2S. The molecule has 19 heavy (non-hydrogen) atoms. The highest BCUT2D eigenvalue weighted by atomic mass is 79.9. The molecule has 0 fully saturated rings. The van der Waals surface area contributed by atoms with E-state index >= 15 is 0 Å². The number of hydrogen-bond donors (Lipinski definition) is 1. The van der Waals surface area contributed by atoms with Crippen molar-refractivity contribution in [2.24, 2.45) is 0 Å². The van der Waals surface area contributed by atoms with Gasteiger partial charge in [0.25, 0.3) is 0 Å². The van der Waals surface area contributed by atoms with Crippen molar-refractivity contribution in [2.75, 3.05) is 24.3 Å². The Balaban J connectivity index is 2.25. The summed E-state index contributed by atoms with van der Waals surface area (Å²) in [6, 6.07) is 8.29. The second-order valence-electron chi connectivity index (χ2n) is 4.59. The lowest BCUT2D eigenvalue weighted by Gasteiger charge is -2.21. The molecule has 0 saturated heterocycles. The van der Waals surface area contributed by atoms with E-state index in [9.17, 15) is 0 Å². The first-order valence-electron chi connectivity index (χ1n) is 5.94. The van der Waals surface area contributed by atoms with E-state index in [0.29, 0.717) is 0 Å². The molecule has 5 heteroatoms. The molecule has 0 aliphatic heterocycles. The zero-order chi connectivity index (χ0) is 14.0. The van der Waals surface area contributed by atoms with E-state index in [-0.39, 0.29) is 6.04 Å². The van der Waals surface area contributed by atoms with Crippen molar-refractivity contribution in [3.8, 4) is 0 Å². The number of hydrogen-bond acceptors (Lipinski definition) is 3. The van der Waals surface area contributed by atoms with Crippen LogP contribution in [0.4, 0.5) is 11.4 Å². The second-order valence-corrected chi connectivity index (χ2v) is 6.88. The SMILES string of the molecule is CC(Nc1cc(Cl)ccc1N(C)C)c1cc(Br)cs1. The molecule has 1 atom stereocenters. The zero-order valence-corrected chi connectivity index (χ0v) is 14.2. The molecule has 0 bridgehead atoms. The summed E-state index contributed by atoms with van der Waals surface area (Å²) in [7, 11) is 4.06. The minimum Gasteiger partial charge on any atom is -0.376 e. The van der Waals surface area contributed by atoms with Crippen LogP contribution in [0, 0.1) is 0 Å². The second kappa shape index (κ2) is 6.16. The predicted molar refractivity (Wildman–Crippen MR) is 89.8 cm³/mol. The summed E-state index contributed by atoms with van der Waals surface area (Å²) in [6.45, 7) is 2.15. The quantitative estimate of drug-likeness (QED) is 0.786. The first-order chi connectivity index (χ1) is 8.97. The van der Waals surface area contributed by atoms with Gasteiger partial charge in [-0.25, -0.2) is 0 Å². The summed E-state index contributed by atoms with van der Waals surface area (Å²) in [5.41, 5.74) is 2.18. The highest BCUT2D eigenvalue weighted by Gasteiger charge is 2.11. The average molecular weight is 360 g/mol. The first-order valence-corrected chi connectivity index (χ1v) is 8.00. The van der Waals surface area contributed by atoms with Crippen LogP contribution >= 0.6 is 38.9 Å². The minimum absolute atomic E-state index is 0.244. The van der Waals surface area contributed by atoms with Gasteiger partial charge in [-0.1, -0.05) is 11.6 Å². The molecule has 0 aliphatic rings. The molecule has 1 heterocycles. The summed E-state index contributed by atoms with van der Waals surface area (Å²) >= 11 is 11.3. The molecule has 1 aromatic heterocycles. The monoisotopic (exact) mass is 358 g/mol. The third kappa shape index (κ3) is 3.65. The number of thiophene rings is 1. The summed E-state index contributed by atoms with van der Waals surface area (Å²) < 4.78 is 1.13. The van der Waals surface area contributed by atoms with Gasteiger partial charge in [0.05, 0.1) is 17.4 Å². The number of nitrogens with zero attached hydrogens (tertiary/aromatic N) is 1. The third-order valence-electron chi connectivity index (χ3n) is 2.83. The molecule has 1 unspecified atom stereocenters. The van der Waals surface area contributed by atoms with E-state index in [4.69, 9.17) is 11.6 Å². The predicted octanol–water partition coefficient (Wildman–Crippen LogP) is 5.40. The van der Waals surface area contributed by atoms with Gasteiger partial charge in [0, 0.05) is 33.8 Å². The Hall–Kier alpha value is -0.710. The van der Waals surface area contributed by atoms with Gasteiger partial charge in [0.15, 0.2) is 0 Å². The van der Waals surface area contributed by atoms with Crippen LogP contribution in [0.5, 0.6) is 0 Å². The largest absolute Gasteiger partial charge is 0.376 e. The number of benzene rings is 1. The maximum Gasteiger partial charge on any atom is 0.0598 e. The van der Waals surface area contributed by atoms with Crippen LogP contribution in [0.3, 0.4) is 0 Å². The standard InChI is InChI=1S/C14H16BrClN2S/c1-9(14-6-10(15)8-19-14)17-12-7-11(16)4-5-13(12)18(2)3/h4-9,17H,1-3H3. The van der Waals surface area contributed by atoms with Crippen LogP contribution in [0.25, 0.3) is 0 Å². The van der Waals surface area contributed by atoms with Gasteiger partial charge in [-0.2, -0.15) is 0 Å². The lowest BCUT2D eigenvalue weighted by Crippen LogP contribution is -2.13. The summed E-state index contributed by atoms with van der Waals surface area (Å²) in [5.74, 6) is 0. The number of rotatable bonds is 4. The topological polar surface area (TPSA) is 15.3 Å². The first kappa shape index (κ1) is 14.7. The van der Waals surface area contributed by atoms with E-state index < -0.39 is 0 Å². The lowest BCUT2D eigenvalue weighted by molar-refractivity contribution is 0.905. The van der Waals surface area contributed by atoms with Gasteiger partial charge >= 0.3 is 0 Å². The summed E-state index contributed by atoms with van der Waals surface area (Å²) in [4.78, 5) is 3.37. The van der Waals surface area contributed by atoms with Crippen molar-refractivity contribution < 1.29 is 0 Å². The Morgan fingerprint density at radius 2 is 2.05 bits per heavy atom. The van der Waals surface area contributed by atoms with Crippen molar-refractivity contribution >= 4 is 50.2 Å². The molecule has 1 N–H and O–H groups in total. The Morgan fingerprint density at radius 3 is 2.63 bits per heavy atom. The van der Waals surface area contributed by atoms with E-state index in [0.717, 1.165) is 20.9 Å².